The van der Waals surface area contributed by atoms with Gasteiger partial charge in [0, 0.05) is 6.54 Å². The number of rotatable bonds is 6. The molecule has 2 rings (SSSR count). The lowest BCUT2D eigenvalue weighted by atomic mass is 9.97. The number of hydrogen-bond donors (Lipinski definition) is 1. The van der Waals surface area contributed by atoms with Crippen LogP contribution >= 0.6 is 0 Å². The van der Waals surface area contributed by atoms with Crippen LogP contribution in [0.4, 0.5) is 4.39 Å². The van der Waals surface area contributed by atoms with E-state index in [2.05, 4.69) is 36.5 Å². The standard InChI is InChI=1S/C18H22FN/c1-3-4-5-14-6-8-15(9-7-14)18-11-10-17(19)12-16(18)13-20-2/h6-12,20H,3-5,13H2,1-2H3. The number of halogens is 1. The highest BCUT2D eigenvalue weighted by molar-refractivity contribution is 5.67. The number of hydrogen-bond acceptors (Lipinski definition) is 1. The lowest BCUT2D eigenvalue weighted by Gasteiger charge is -2.10. The molecular weight excluding hydrogens is 249 g/mol. The molecule has 0 heterocycles. The number of benzene rings is 2. The van der Waals surface area contributed by atoms with Gasteiger partial charge in [-0.1, -0.05) is 43.7 Å². The summed E-state index contributed by atoms with van der Waals surface area (Å²) in [6, 6.07) is 13.6. The summed E-state index contributed by atoms with van der Waals surface area (Å²) in [5.74, 6) is -0.182. The average Bonchev–Trinajstić information content (AvgIpc) is 2.46. The van der Waals surface area contributed by atoms with Crippen molar-refractivity contribution in [2.24, 2.45) is 0 Å². The molecule has 2 heteroatoms. The zero-order valence-corrected chi connectivity index (χ0v) is 12.2. The molecule has 2 aromatic carbocycles. The van der Waals surface area contributed by atoms with Crippen molar-refractivity contribution in [1.82, 2.24) is 5.32 Å². The van der Waals surface area contributed by atoms with Crippen LogP contribution in [-0.4, -0.2) is 7.05 Å². The molecule has 0 saturated carbocycles. The minimum Gasteiger partial charge on any atom is -0.316 e. The molecule has 0 radical (unpaired) electrons. The van der Waals surface area contributed by atoms with Crippen LogP contribution in [0.25, 0.3) is 11.1 Å². The van der Waals surface area contributed by atoms with Gasteiger partial charge in [0.05, 0.1) is 0 Å². The number of nitrogens with one attached hydrogen (secondary N) is 1. The van der Waals surface area contributed by atoms with E-state index in [1.54, 1.807) is 6.07 Å². The smallest absolute Gasteiger partial charge is 0.123 e. The third-order valence-corrected chi connectivity index (χ3v) is 3.52. The Bertz CT molecular complexity index is 546. The van der Waals surface area contributed by atoms with Gasteiger partial charge in [-0.25, -0.2) is 4.39 Å². The Morgan fingerprint density at radius 3 is 2.45 bits per heavy atom. The third kappa shape index (κ3) is 3.67. The second-order valence-corrected chi connectivity index (χ2v) is 5.13. The summed E-state index contributed by atoms with van der Waals surface area (Å²) >= 11 is 0. The minimum absolute atomic E-state index is 0.182. The summed E-state index contributed by atoms with van der Waals surface area (Å²) in [5.41, 5.74) is 4.61. The molecule has 0 aliphatic rings. The molecule has 0 bridgehead atoms. The highest BCUT2D eigenvalue weighted by atomic mass is 19.1. The highest BCUT2D eigenvalue weighted by Gasteiger charge is 2.06. The SMILES string of the molecule is CCCCc1ccc(-c2ccc(F)cc2CNC)cc1. The molecule has 0 amide bonds. The Kier molecular flexibility index (Phi) is 5.31. The topological polar surface area (TPSA) is 12.0 Å². The van der Waals surface area contributed by atoms with Gasteiger partial charge in [0.1, 0.15) is 5.82 Å². The largest absolute Gasteiger partial charge is 0.316 e. The van der Waals surface area contributed by atoms with E-state index < -0.39 is 0 Å². The number of unbranched alkanes of at least 4 members (excludes halogenated alkanes) is 1. The fourth-order valence-electron chi connectivity index (χ4n) is 2.41. The molecule has 0 spiro atoms. The Balaban J connectivity index is 2.26. The Morgan fingerprint density at radius 1 is 1.05 bits per heavy atom. The maximum Gasteiger partial charge on any atom is 0.123 e. The van der Waals surface area contributed by atoms with Gasteiger partial charge >= 0.3 is 0 Å². The molecule has 1 N–H and O–H groups in total. The first-order valence-electron chi connectivity index (χ1n) is 7.27. The van der Waals surface area contributed by atoms with Crippen molar-refractivity contribution in [2.45, 2.75) is 32.7 Å². The summed E-state index contributed by atoms with van der Waals surface area (Å²) in [7, 11) is 1.88. The van der Waals surface area contributed by atoms with E-state index in [0.717, 1.165) is 23.1 Å². The Morgan fingerprint density at radius 2 is 1.80 bits per heavy atom. The van der Waals surface area contributed by atoms with Crippen LogP contribution in [0.1, 0.15) is 30.9 Å². The lowest BCUT2D eigenvalue weighted by Crippen LogP contribution is -2.06. The molecule has 1 nitrogen and oxygen atoms in total. The van der Waals surface area contributed by atoms with Crippen molar-refractivity contribution < 1.29 is 4.39 Å². The van der Waals surface area contributed by atoms with Crippen molar-refractivity contribution in [3.05, 3.63) is 59.4 Å². The van der Waals surface area contributed by atoms with E-state index in [9.17, 15) is 4.39 Å². The van der Waals surface area contributed by atoms with Crippen molar-refractivity contribution in [1.29, 1.82) is 0 Å². The van der Waals surface area contributed by atoms with Crippen molar-refractivity contribution in [2.75, 3.05) is 7.05 Å². The summed E-state index contributed by atoms with van der Waals surface area (Å²) in [6.07, 6.45) is 3.57. The van der Waals surface area contributed by atoms with Gasteiger partial charge in [0.25, 0.3) is 0 Å². The lowest BCUT2D eigenvalue weighted by molar-refractivity contribution is 0.624. The number of aryl methyl sites for hydroxylation is 1. The minimum atomic E-state index is -0.182. The van der Waals surface area contributed by atoms with E-state index in [1.165, 1.54) is 24.5 Å². The van der Waals surface area contributed by atoms with E-state index in [-0.39, 0.29) is 5.82 Å². The molecule has 0 saturated heterocycles. The maximum absolute atomic E-state index is 13.4. The quantitative estimate of drug-likeness (QED) is 0.812. The van der Waals surface area contributed by atoms with Gasteiger partial charge < -0.3 is 5.32 Å². The van der Waals surface area contributed by atoms with Gasteiger partial charge in [-0.15, -0.1) is 0 Å². The summed E-state index contributed by atoms with van der Waals surface area (Å²) in [6.45, 7) is 2.88. The van der Waals surface area contributed by atoms with Crippen LogP contribution < -0.4 is 5.32 Å². The van der Waals surface area contributed by atoms with E-state index >= 15 is 0 Å². The molecule has 0 aliphatic heterocycles. The molecule has 106 valence electrons. The van der Waals surface area contributed by atoms with Crippen LogP contribution in [0.5, 0.6) is 0 Å². The zero-order chi connectivity index (χ0) is 14.4. The van der Waals surface area contributed by atoms with Crippen molar-refractivity contribution >= 4 is 0 Å². The predicted octanol–water partition coefficient (Wildman–Crippen LogP) is 4.55. The average molecular weight is 271 g/mol. The second kappa shape index (κ2) is 7.20. The zero-order valence-electron chi connectivity index (χ0n) is 12.2. The summed E-state index contributed by atoms with van der Waals surface area (Å²) < 4.78 is 13.4. The predicted molar refractivity (Wildman–Crippen MR) is 83.2 cm³/mol. The van der Waals surface area contributed by atoms with Gasteiger partial charge in [-0.05, 0) is 54.3 Å². The van der Waals surface area contributed by atoms with Crippen LogP contribution in [0, 0.1) is 5.82 Å². The molecule has 2 aromatic rings. The fraction of sp³-hybridized carbons (Fsp3) is 0.333. The van der Waals surface area contributed by atoms with Crippen LogP contribution in [0.3, 0.4) is 0 Å². The molecular formula is C18H22FN. The maximum atomic E-state index is 13.4. The van der Waals surface area contributed by atoms with Gasteiger partial charge in [-0.2, -0.15) is 0 Å². The third-order valence-electron chi connectivity index (χ3n) is 3.52. The van der Waals surface area contributed by atoms with Gasteiger partial charge in [0.2, 0.25) is 0 Å². The van der Waals surface area contributed by atoms with Crippen molar-refractivity contribution in [3.8, 4) is 11.1 Å². The second-order valence-electron chi connectivity index (χ2n) is 5.13. The van der Waals surface area contributed by atoms with Crippen LogP contribution in [0.15, 0.2) is 42.5 Å². The summed E-state index contributed by atoms with van der Waals surface area (Å²) in [5, 5.41) is 3.09. The first-order chi connectivity index (χ1) is 9.74. The molecule has 20 heavy (non-hydrogen) atoms. The normalized spacial score (nSPS) is 10.8. The van der Waals surface area contributed by atoms with Crippen molar-refractivity contribution in [3.63, 3.8) is 0 Å². The monoisotopic (exact) mass is 271 g/mol. The molecule has 0 aliphatic carbocycles. The molecule has 0 fully saturated rings. The highest BCUT2D eigenvalue weighted by Crippen LogP contribution is 2.25. The van der Waals surface area contributed by atoms with Gasteiger partial charge in [0.15, 0.2) is 0 Å². The van der Waals surface area contributed by atoms with E-state index in [1.807, 2.05) is 13.1 Å². The van der Waals surface area contributed by atoms with E-state index in [0.29, 0.717) is 6.54 Å². The van der Waals surface area contributed by atoms with Crippen LogP contribution in [-0.2, 0) is 13.0 Å². The first kappa shape index (κ1) is 14.7. The van der Waals surface area contributed by atoms with Gasteiger partial charge in [-0.3, -0.25) is 0 Å². The molecule has 0 unspecified atom stereocenters. The van der Waals surface area contributed by atoms with Crippen LogP contribution in [0.2, 0.25) is 0 Å². The first-order valence-corrected chi connectivity index (χ1v) is 7.27. The fourth-order valence-corrected chi connectivity index (χ4v) is 2.41. The Labute approximate surface area is 120 Å². The summed E-state index contributed by atoms with van der Waals surface area (Å²) in [4.78, 5) is 0. The van der Waals surface area contributed by atoms with E-state index in [4.69, 9.17) is 0 Å². The molecule has 0 aromatic heterocycles. The Hall–Kier alpha value is -1.67. The molecule has 0 atom stereocenters.